The predicted molar refractivity (Wildman–Crippen MR) is 55.9 cm³/mol. The topological polar surface area (TPSA) is 17.1 Å². The van der Waals surface area contributed by atoms with Crippen LogP contribution in [0.4, 0.5) is 0 Å². The molecule has 14 heavy (non-hydrogen) atoms. The van der Waals surface area contributed by atoms with Crippen molar-refractivity contribution in [3.05, 3.63) is 12.2 Å². The Morgan fingerprint density at radius 1 is 1.29 bits per heavy atom. The van der Waals surface area contributed by atoms with Gasteiger partial charge in [-0.05, 0) is 43.4 Å². The second kappa shape index (κ2) is 2.95. The van der Waals surface area contributed by atoms with Gasteiger partial charge in [0.15, 0.2) is 0 Å². The van der Waals surface area contributed by atoms with Gasteiger partial charge in [0.25, 0.3) is 0 Å². The summed E-state index contributed by atoms with van der Waals surface area (Å²) < 4.78 is 0. The van der Waals surface area contributed by atoms with Gasteiger partial charge in [0, 0.05) is 12.3 Å². The van der Waals surface area contributed by atoms with E-state index < -0.39 is 0 Å². The highest BCUT2D eigenvalue weighted by atomic mass is 16.1. The summed E-state index contributed by atoms with van der Waals surface area (Å²) >= 11 is 0. The van der Waals surface area contributed by atoms with Crippen molar-refractivity contribution in [1.82, 2.24) is 0 Å². The van der Waals surface area contributed by atoms with Crippen LogP contribution < -0.4 is 0 Å². The van der Waals surface area contributed by atoms with Gasteiger partial charge in [-0.25, -0.2) is 0 Å². The number of carbonyl (C=O) groups excluding carboxylic acids is 1. The molecule has 1 nitrogen and oxygen atoms in total. The number of allylic oxidation sites excluding steroid dienone is 2. The van der Waals surface area contributed by atoms with Crippen molar-refractivity contribution in [3.63, 3.8) is 0 Å². The third kappa shape index (κ3) is 0.986. The van der Waals surface area contributed by atoms with Crippen molar-refractivity contribution in [3.8, 4) is 0 Å². The lowest BCUT2D eigenvalue weighted by Crippen LogP contribution is -2.43. The first-order valence-electron chi connectivity index (χ1n) is 6.02. The molecular weight excluding hydrogens is 172 g/mol. The van der Waals surface area contributed by atoms with Crippen LogP contribution in [0.3, 0.4) is 0 Å². The molecule has 0 heterocycles. The van der Waals surface area contributed by atoms with Crippen molar-refractivity contribution in [2.24, 2.45) is 17.3 Å². The molecule has 2 fully saturated rings. The van der Waals surface area contributed by atoms with Gasteiger partial charge in [0.2, 0.25) is 0 Å². The first kappa shape index (κ1) is 8.70. The van der Waals surface area contributed by atoms with Crippen molar-refractivity contribution >= 4 is 5.78 Å². The van der Waals surface area contributed by atoms with Crippen LogP contribution >= 0.6 is 0 Å². The molecule has 0 N–H and O–H groups in total. The number of hydrogen-bond acceptors (Lipinski definition) is 1. The molecule has 0 aromatic carbocycles. The number of Topliss-reactive ketones (excluding diaryl/α,β-unsaturated/α-hetero) is 1. The standard InChI is InChI=1S/C13H18O/c14-12-7-3-9-13-8-2-5-10(13)4-1-6-11(12)13/h1,4,10-11H,2-3,5-9H2/t10-,11+,13+/m0/s1. The molecule has 1 heteroatoms. The van der Waals surface area contributed by atoms with Gasteiger partial charge in [-0.1, -0.05) is 18.6 Å². The average molecular weight is 190 g/mol. The number of rotatable bonds is 0. The van der Waals surface area contributed by atoms with E-state index in [9.17, 15) is 4.79 Å². The van der Waals surface area contributed by atoms with Gasteiger partial charge in [0.1, 0.15) is 5.78 Å². The normalized spacial score (nSPS) is 46.1. The summed E-state index contributed by atoms with van der Waals surface area (Å²) in [5.41, 5.74) is 0.421. The molecule has 0 amide bonds. The van der Waals surface area contributed by atoms with Gasteiger partial charge >= 0.3 is 0 Å². The maximum Gasteiger partial charge on any atom is 0.136 e. The minimum absolute atomic E-state index is 0.397. The smallest absolute Gasteiger partial charge is 0.136 e. The number of ketones is 1. The van der Waals surface area contributed by atoms with Crippen molar-refractivity contribution < 1.29 is 4.79 Å². The van der Waals surface area contributed by atoms with E-state index in [4.69, 9.17) is 0 Å². The van der Waals surface area contributed by atoms with E-state index in [1.165, 1.54) is 25.7 Å². The molecule has 3 atom stereocenters. The SMILES string of the molecule is O=C1CCC[C@]23CCC[C@@H]2C=CC[C@H]13. The summed E-state index contributed by atoms with van der Waals surface area (Å²) in [6.07, 6.45) is 13.0. The van der Waals surface area contributed by atoms with E-state index in [1.54, 1.807) is 0 Å². The molecule has 3 aliphatic rings. The fourth-order valence-corrected chi connectivity index (χ4v) is 4.16. The van der Waals surface area contributed by atoms with Gasteiger partial charge < -0.3 is 0 Å². The van der Waals surface area contributed by atoms with Gasteiger partial charge in [-0.2, -0.15) is 0 Å². The van der Waals surface area contributed by atoms with Crippen LogP contribution in [0.15, 0.2) is 12.2 Å². The molecule has 1 spiro atoms. The zero-order chi connectivity index (χ0) is 9.60. The summed E-state index contributed by atoms with van der Waals surface area (Å²) in [6, 6.07) is 0. The first-order chi connectivity index (χ1) is 6.83. The van der Waals surface area contributed by atoms with Crippen LogP contribution in [0.1, 0.15) is 44.9 Å². The third-order valence-electron chi connectivity index (χ3n) is 4.78. The predicted octanol–water partition coefficient (Wildman–Crippen LogP) is 3.10. The van der Waals surface area contributed by atoms with Gasteiger partial charge in [-0.3, -0.25) is 4.79 Å². The largest absolute Gasteiger partial charge is 0.299 e. The quantitative estimate of drug-likeness (QED) is 0.536. The van der Waals surface area contributed by atoms with Crippen LogP contribution in [-0.4, -0.2) is 5.78 Å². The van der Waals surface area contributed by atoms with Crippen LogP contribution in [0, 0.1) is 17.3 Å². The van der Waals surface area contributed by atoms with E-state index >= 15 is 0 Å². The lowest BCUT2D eigenvalue weighted by molar-refractivity contribution is -0.132. The Kier molecular flexibility index (Phi) is 1.83. The van der Waals surface area contributed by atoms with E-state index in [0.717, 1.165) is 25.2 Å². The number of carbonyl (C=O) groups is 1. The van der Waals surface area contributed by atoms with Crippen LogP contribution in [0.25, 0.3) is 0 Å². The highest BCUT2D eigenvalue weighted by molar-refractivity contribution is 5.83. The Bertz CT molecular complexity index is 292. The molecule has 0 radical (unpaired) electrons. The zero-order valence-electron chi connectivity index (χ0n) is 8.67. The fraction of sp³-hybridized carbons (Fsp3) is 0.769. The van der Waals surface area contributed by atoms with E-state index in [0.29, 0.717) is 17.1 Å². The third-order valence-corrected chi connectivity index (χ3v) is 4.78. The molecule has 0 aromatic heterocycles. The van der Waals surface area contributed by atoms with Crippen molar-refractivity contribution in [2.75, 3.05) is 0 Å². The summed E-state index contributed by atoms with van der Waals surface area (Å²) in [5.74, 6) is 1.70. The molecule has 0 bridgehead atoms. The van der Waals surface area contributed by atoms with E-state index in [2.05, 4.69) is 12.2 Å². The lowest BCUT2D eigenvalue weighted by atomic mass is 9.57. The number of hydrogen-bond donors (Lipinski definition) is 0. The highest BCUT2D eigenvalue weighted by Gasteiger charge is 2.52. The van der Waals surface area contributed by atoms with E-state index in [-0.39, 0.29) is 0 Å². The minimum Gasteiger partial charge on any atom is -0.299 e. The summed E-state index contributed by atoms with van der Waals surface area (Å²) in [4.78, 5) is 11.9. The molecule has 0 aliphatic heterocycles. The second-order valence-electron chi connectivity index (χ2n) is 5.27. The highest BCUT2D eigenvalue weighted by Crippen LogP contribution is 2.58. The second-order valence-corrected chi connectivity index (χ2v) is 5.27. The molecular formula is C13H18O. The molecule has 3 aliphatic carbocycles. The Balaban J connectivity index is 2.01. The van der Waals surface area contributed by atoms with Crippen molar-refractivity contribution in [1.29, 1.82) is 0 Å². The molecule has 0 aromatic rings. The summed E-state index contributed by atoms with van der Waals surface area (Å²) in [5, 5.41) is 0. The fourth-order valence-electron chi connectivity index (χ4n) is 4.16. The molecule has 2 saturated carbocycles. The Morgan fingerprint density at radius 3 is 3.07 bits per heavy atom. The molecule has 0 unspecified atom stereocenters. The minimum atomic E-state index is 0.397. The lowest BCUT2D eigenvalue weighted by Gasteiger charge is -2.46. The summed E-state index contributed by atoms with van der Waals surface area (Å²) in [7, 11) is 0. The van der Waals surface area contributed by atoms with Crippen LogP contribution in [0.5, 0.6) is 0 Å². The maximum atomic E-state index is 11.9. The zero-order valence-corrected chi connectivity index (χ0v) is 8.67. The van der Waals surface area contributed by atoms with Crippen LogP contribution in [-0.2, 0) is 4.79 Å². The monoisotopic (exact) mass is 190 g/mol. The molecule has 0 saturated heterocycles. The average Bonchev–Trinajstić information content (AvgIpc) is 2.59. The Labute approximate surface area is 85.6 Å². The molecule has 76 valence electrons. The van der Waals surface area contributed by atoms with Gasteiger partial charge in [0.05, 0.1) is 0 Å². The molecule has 3 rings (SSSR count). The van der Waals surface area contributed by atoms with E-state index in [1.807, 2.05) is 0 Å². The summed E-state index contributed by atoms with van der Waals surface area (Å²) in [6.45, 7) is 0. The van der Waals surface area contributed by atoms with Crippen LogP contribution in [0.2, 0.25) is 0 Å². The van der Waals surface area contributed by atoms with Crippen molar-refractivity contribution in [2.45, 2.75) is 44.9 Å². The Morgan fingerprint density at radius 2 is 2.14 bits per heavy atom. The van der Waals surface area contributed by atoms with Gasteiger partial charge in [-0.15, -0.1) is 0 Å². The maximum absolute atomic E-state index is 11.9. The first-order valence-corrected chi connectivity index (χ1v) is 6.02. The Hall–Kier alpha value is -0.590.